The van der Waals surface area contributed by atoms with Crippen LogP contribution in [-0.2, 0) is 14.3 Å². The number of likely N-dealkylation sites (tertiary alicyclic amines) is 2. The van der Waals surface area contributed by atoms with E-state index in [2.05, 4.69) is 17.1 Å². The Morgan fingerprint density at radius 3 is 2.52 bits per heavy atom. The average Bonchev–Trinajstić information content (AvgIpc) is 2.62. The van der Waals surface area contributed by atoms with E-state index >= 15 is 0 Å². The topological polar surface area (TPSA) is 61.9 Å². The first kappa shape index (κ1) is 20.5. The van der Waals surface area contributed by atoms with E-state index in [1.165, 1.54) is 6.42 Å². The van der Waals surface area contributed by atoms with Crippen LogP contribution in [0.4, 0.5) is 0 Å². The predicted molar refractivity (Wildman–Crippen MR) is 98.8 cm³/mol. The number of hydrogen-bond acceptors (Lipinski definition) is 4. The second kappa shape index (κ2) is 9.74. The minimum absolute atomic E-state index is 0. The van der Waals surface area contributed by atoms with Gasteiger partial charge in [-0.3, -0.25) is 9.59 Å². The molecule has 3 saturated heterocycles. The van der Waals surface area contributed by atoms with E-state index in [4.69, 9.17) is 4.74 Å². The Kier molecular flexibility index (Phi) is 7.97. The molecule has 1 N–H and O–H groups in total. The number of ether oxygens (including phenoxy) is 1. The lowest BCUT2D eigenvalue weighted by Crippen LogP contribution is -2.49. The van der Waals surface area contributed by atoms with E-state index in [1.807, 2.05) is 4.90 Å². The highest BCUT2D eigenvalue weighted by Gasteiger charge is 2.32. The number of carbonyl (C=O) groups is 2. The molecule has 144 valence electrons. The molecule has 0 saturated carbocycles. The number of hydrogen-bond donors (Lipinski definition) is 1. The zero-order valence-corrected chi connectivity index (χ0v) is 16.1. The summed E-state index contributed by atoms with van der Waals surface area (Å²) in [5, 5.41) is 3.33. The summed E-state index contributed by atoms with van der Waals surface area (Å²) in [4.78, 5) is 29.1. The second-order valence-corrected chi connectivity index (χ2v) is 7.62. The fraction of sp³-hybridized carbons (Fsp3) is 0.889. The molecule has 2 amide bonds. The molecular formula is C18H32ClN3O3. The van der Waals surface area contributed by atoms with Crippen LogP contribution >= 0.6 is 12.4 Å². The van der Waals surface area contributed by atoms with Gasteiger partial charge in [-0.1, -0.05) is 6.92 Å². The van der Waals surface area contributed by atoms with Gasteiger partial charge in [-0.05, 0) is 31.6 Å². The van der Waals surface area contributed by atoms with Gasteiger partial charge in [0, 0.05) is 51.1 Å². The Bertz CT molecular complexity index is 449. The van der Waals surface area contributed by atoms with Gasteiger partial charge in [0.2, 0.25) is 11.8 Å². The molecule has 3 rings (SSSR count). The zero-order chi connectivity index (χ0) is 16.9. The lowest BCUT2D eigenvalue weighted by atomic mass is 9.92. The van der Waals surface area contributed by atoms with Gasteiger partial charge < -0.3 is 19.9 Å². The Labute approximate surface area is 157 Å². The van der Waals surface area contributed by atoms with Gasteiger partial charge in [0.25, 0.3) is 0 Å². The molecule has 0 bridgehead atoms. The SMILES string of the molecule is CC1CCCN(C(=O)C2CCN(C(=O)CC3COCCN3)CC2)C1.Cl. The second-order valence-electron chi connectivity index (χ2n) is 7.62. The molecule has 6 nitrogen and oxygen atoms in total. The van der Waals surface area contributed by atoms with Gasteiger partial charge in [-0.25, -0.2) is 0 Å². The lowest BCUT2D eigenvalue weighted by molar-refractivity contribution is -0.142. The molecular weight excluding hydrogens is 342 g/mol. The van der Waals surface area contributed by atoms with Crippen molar-refractivity contribution in [3.05, 3.63) is 0 Å². The number of rotatable bonds is 3. The molecule has 7 heteroatoms. The first-order valence-electron chi connectivity index (χ1n) is 9.51. The summed E-state index contributed by atoms with van der Waals surface area (Å²) in [6, 6.07) is 0.139. The minimum atomic E-state index is 0. The molecule has 0 aromatic heterocycles. The molecule has 2 atom stereocenters. The highest BCUT2D eigenvalue weighted by atomic mass is 35.5. The summed E-state index contributed by atoms with van der Waals surface area (Å²) in [5.41, 5.74) is 0. The number of morpholine rings is 1. The van der Waals surface area contributed by atoms with Crippen molar-refractivity contribution in [3.8, 4) is 0 Å². The van der Waals surface area contributed by atoms with Crippen molar-refractivity contribution >= 4 is 24.2 Å². The molecule has 0 aromatic rings. The van der Waals surface area contributed by atoms with Crippen molar-refractivity contribution in [1.29, 1.82) is 0 Å². The molecule has 0 aromatic carbocycles. The molecule has 0 aliphatic carbocycles. The molecule has 3 aliphatic heterocycles. The van der Waals surface area contributed by atoms with Crippen molar-refractivity contribution in [3.63, 3.8) is 0 Å². The van der Waals surface area contributed by atoms with Crippen LogP contribution in [0.25, 0.3) is 0 Å². The van der Waals surface area contributed by atoms with Crippen molar-refractivity contribution in [1.82, 2.24) is 15.1 Å². The van der Waals surface area contributed by atoms with E-state index in [-0.39, 0.29) is 30.3 Å². The summed E-state index contributed by atoms with van der Waals surface area (Å²) < 4.78 is 5.41. The number of nitrogens with zero attached hydrogens (tertiary/aromatic N) is 2. The van der Waals surface area contributed by atoms with Crippen LogP contribution in [-0.4, -0.2) is 73.6 Å². The quantitative estimate of drug-likeness (QED) is 0.809. The summed E-state index contributed by atoms with van der Waals surface area (Å²) in [5.74, 6) is 1.23. The molecule has 0 radical (unpaired) electrons. The standard InChI is InChI=1S/C18H31N3O3.ClH/c1-14-3-2-7-21(12-14)18(23)15-4-8-20(9-5-15)17(22)11-16-13-24-10-6-19-16;/h14-16,19H,2-13H2,1H3;1H. The van der Waals surface area contributed by atoms with E-state index in [1.54, 1.807) is 0 Å². The van der Waals surface area contributed by atoms with E-state index in [0.29, 0.717) is 37.9 Å². The van der Waals surface area contributed by atoms with E-state index < -0.39 is 0 Å². The molecule has 3 heterocycles. The maximum Gasteiger partial charge on any atom is 0.225 e. The molecule has 3 fully saturated rings. The summed E-state index contributed by atoms with van der Waals surface area (Å²) in [7, 11) is 0. The van der Waals surface area contributed by atoms with Gasteiger partial charge in [-0.2, -0.15) is 0 Å². The number of carbonyl (C=O) groups excluding carboxylic acids is 2. The molecule has 2 unspecified atom stereocenters. The Balaban J connectivity index is 0.00000225. The largest absolute Gasteiger partial charge is 0.378 e. The van der Waals surface area contributed by atoms with E-state index in [0.717, 1.165) is 45.5 Å². The fourth-order valence-electron chi connectivity index (χ4n) is 4.11. The summed E-state index contributed by atoms with van der Waals surface area (Å²) in [6.07, 6.45) is 4.48. The van der Waals surface area contributed by atoms with Crippen molar-refractivity contribution in [2.75, 3.05) is 45.9 Å². The average molecular weight is 374 g/mol. The van der Waals surface area contributed by atoms with Gasteiger partial charge in [0.05, 0.1) is 13.2 Å². The normalized spacial score (nSPS) is 28.4. The van der Waals surface area contributed by atoms with Crippen molar-refractivity contribution < 1.29 is 14.3 Å². The van der Waals surface area contributed by atoms with Crippen LogP contribution in [0.15, 0.2) is 0 Å². The fourth-order valence-corrected chi connectivity index (χ4v) is 4.11. The highest BCUT2D eigenvalue weighted by Crippen LogP contribution is 2.24. The van der Waals surface area contributed by atoms with Gasteiger partial charge >= 0.3 is 0 Å². The third-order valence-electron chi connectivity index (χ3n) is 5.59. The van der Waals surface area contributed by atoms with Gasteiger partial charge in [0.1, 0.15) is 0 Å². The van der Waals surface area contributed by atoms with Gasteiger partial charge in [-0.15, -0.1) is 12.4 Å². The molecule has 3 aliphatic rings. The van der Waals surface area contributed by atoms with Crippen molar-refractivity contribution in [2.45, 2.75) is 45.1 Å². The highest BCUT2D eigenvalue weighted by molar-refractivity contribution is 5.85. The van der Waals surface area contributed by atoms with Crippen molar-refractivity contribution in [2.24, 2.45) is 11.8 Å². The van der Waals surface area contributed by atoms with E-state index in [9.17, 15) is 9.59 Å². The lowest BCUT2D eigenvalue weighted by Gasteiger charge is -2.37. The third kappa shape index (κ3) is 5.56. The number of piperidine rings is 2. The summed E-state index contributed by atoms with van der Waals surface area (Å²) >= 11 is 0. The minimum Gasteiger partial charge on any atom is -0.378 e. The van der Waals surface area contributed by atoms with Crippen LogP contribution in [0.3, 0.4) is 0 Å². The maximum absolute atomic E-state index is 12.7. The Morgan fingerprint density at radius 1 is 1.12 bits per heavy atom. The van der Waals surface area contributed by atoms with Crippen LogP contribution < -0.4 is 5.32 Å². The first-order valence-corrected chi connectivity index (χ1v) is 9.51. The number of halogens is 1. The number of nitrogens with one attached hydrogen (secondary N) is 1. The van der Waals surface area contributed by atoms with Crippen LogP contribution in [0.2, 0.25) is 0 Å². The van der Waals surface area contributed by atoms with Crippen LogP contribution in [0.1, 0.15) is 39.0 Å². The number of amides is 2. The Hall–Kier alpha value is -0.850. The Morgan fingerprint density at radius 2 is 1.88 bits per heavy atom. The summed E-state index contributed by atoms with van der Waals surface area (Å²) in [6.45, 7) is 7.65. The monoisotopic (exact) mass is 373 g/mol. The smallest absolute Gasteiger partial charge is 0.225 e. The third-order valence-corrected chi connectivity index (χ3v) is 5.59. The van der Waals surface area contributed by atoms with Crippen LogP contribution in [0.5, 0.6) is 0 Å². The molecule has 25 heavy (non-hydrogen) atoms. The van der Waals surface area contributed by atoms with Crippen LogP contribution in [0, 0.1) is 11.8 Å². The first-order chi connectivity index (χ1) is 11.6. The molecule has 0 spiro atoms. The zero-order valence-electron chi connectivity index (χ0n) is 15.2. The predicted octanol–water partition coefficient (Wildman–Crippen LogP) is 1.28. The maximum atomic E-state index is 12.7. The van der Waals surface area contributed by atoms with Gasteiger partial charge in [0.15, 0.2) is 0 Å².